The van der Waals surface area contributed by atoms with Crippen LogP contribution in [-0.4, -0.2) is 30.2 Å². The fourth-order valence-electron chi connectivity index (χ4n) is 4.99. The van der Waals surface area contributed by atoms with E-state index in [1.807, 2.05) is 49.4 Å². The van der Waals surface area contributed by atoms with Gasteiger partial charge in [-0.05, 0) is 48.7 Å². The van der Waals surface area contributed by atoms with E-state index < -0.39 is 11.9 Å². The molecule has 0 bridgehead atoms. The molecular formula is C26H24N2O5. The van der Waals surface area contributed by atoms with Gasteiger partial charge in [0.2, 0.25) is 17.7 Å². The predicted octanol–water partition coefficient (Wildman–Crippen LogP) is 3.35. The van der Waals surface area contributed by atoms with E-state index in [2.05, 4.69) is 0 Å². The zero-order valence-electron chi connectivity index (χ0n) is 18.2. The van der Waals surface area contributed by atoms with Gasteiger partial charge in [-0.15, -0.1) is 0 Å². The molecule has 3 amide bonds. The molecular weight excluding hydrogens is 420 g/mol. The van der Waals surface area contributed by atoms with Crippen LogP contribution in [0.1, 0.15) is 19.8 Å². The first kappa shape index (κ1) is 21.1. The van der Waals surface area contributed by atoms with Crippen LogP contribution in [0.2, 0.25) is 0 Å². The number of benzene rings is 2. The van der Waals surface area contributed by atoms with Crippen molar-refractivity contribution in [3.8, 4) is 5.75 Å². The maximum atomic E-state index is 12.9. The molecule has 4 atom stereocenters. The molecule has 0 unspecified atom stereocenters. The number of allylic oxidation sites excluding steroid dienone is 2. The summed E-state index contributed by atoms with van der Waals surface area (Å²) in [6, 6.07) is 15.6. The minimum absolute atomic E-state index is 0.0231. The number of rotatable bonds is 4. The van der Waals surface area contributed by atoms with Crippen LogP contribution in [-0.2, 0) is 19.2 Å². The van der Waals surface area contributed by atoms with Crippen molar-refractivity contribution in [3.05, 3.63) is 66.7 Å². The summed E-state index contributed by atoms with van der Waals surface area (Å²) in [5.74, 6) is -1.83. The smallest absolute Gasteiger partial charge is 0.316 e. The maximum Gasteiger partial charge on any atom is 0.316 e. The van der Waals surface area contributed by atoms with Gasteiger partial charge in [0.15, 0.2) is 0 Å². The van der Waals surface area contributed by atoms with Crippen molar-refractivity contribution in [3.63, 3.8) is 0 Å². The first-order chi connectivity index (χ1) is 15.9. The molecule has 168 valence electrons. The van der Waals surface area contributed by atoms with Crippen LogP contribution in [0.4, 0.5) is 11.4 Å². The van der Waals surface area contributed by atoms with Gasteiger partial charge in [0.05, 0.1) is 23.4 Å². The number of anilines is 2. The lowest BCUT2D eigenvalue weighted by Crippen LogP contribution is -2.31. The Kier molecular flexibility index (Phi) is 5.32. The number of hydrogen-bond donors (Lipinski definition) is 0. The molecule has 0 spiro atoms. The molecule has 0 radical (unpaired) electrons. The van der Waals surface area contributed by atoms with Gasteiger partial charge in [0, 0.05) is 18.7 Å². The largest absolute Gasteiger partial charge is 0.426 e. The first-order valence-corrected chi connectivity index (χ1v) is 11.2. The van der Waals surface area contributed by atoms with E-state index in [1.165, 1.54) is 4.90 Å². The lowest BCUT2D eigenvalue weighted by molar-refractivity contribution is -0.139. The molecule has 0 aromatic heterocycles. The zero-order valence-corrected chi connectivity index (χ0v) is 18.2. The Balaban J connectivity index is 1.25. The van der Waals surface area contributed by atoms with Gasteiger partial charge in [0.25, 0.3) is 0 Å². The summed E-state index contributed by atoms with van der Waals surface area (Å²) in [7, 11) is 0. The van der Waals surface area contributed by atoms with Crippen molar-refractivity contribution < 1.29 is 23.9 Å². The summed E-state index contributed by atoms with van der Waals surface area (Å²) in [5, 5.41) is 0. The molecule has 1 aliphatic carbocycles. The fourth-order valence-corrected chi connectivity index (χ4v) is 4.99. The lowest BCUT2D eigenvalue weighted by atomic mass is 9.78. The van der Waals surface area contributed by atoms with E-state index in [0.717, 1.165) is 5.69 Å². The van der Waals surface area contributed by atoms with Crippen LogP contribution in [0, 0.1) is 23.7 Å². The van der Waals surface area contributed by atoms with E-state index in [0.29, 0.717) is 17.9 Å². The van der Waals surface area contributed by atoms with Crippen molar-refractivity contribution >= 4 is 35.1 Å². The van der Waals surface area contributed by atoms with Crippen molar-refractivity contribution in [2.24, 2.45) is 23.7 Å². The average molecular weight is 444 g/mol. The molecule has 7 heteroatoms. The van der Waals surface area contributed by atoms with Crippen LogP contribution in [0.3, 0.4) is 0 Å². The van der Waals surface area contributed by atoms with Crippen molar-refractivity contribution in [2.45, 2.75) is 19.8 Å². The minimum atomic E-state index is -0.559. The highest BCUT2D eigenvalue weighted by Crippen LogP contribution is 2.40. The van der Waals surface area contributed by atoms with Crippen molar-refractivity contribution in [1.29, 1.82) is 0 Å². The van der Waals surface area contributed by atoms with Crippen LogP contribution >= 0.6 is 0 Å². The number of carbonyl (C=O) groups is 4. The molecule has 3 aliphatic rings. The number of para-hydroxylation sites is 1. The monoisotopic (exact) mass is 444 g/mol. The Morgan fingerprint density at radius 2 is 1.67 bits per heavy atom. The molecule has 7 nitrogen and oxygen atoms in total. The minimum Gasteiger partial charge on any atom is -0.426 e. The number of esters is 1. The average Bonchev–Trinajstić information content (AvgIpc) is 3.33. The second-order valence-corrected chi connectivity index (χ2v) is 8.82. The molecule has 2 aromatic carbocycles. The number of amides is 3. The van der Waals surface area contributed by atoms with Crippen LogP contribution in [0.5, 0.6) is 5.75 Å². The summed E-state index contributed by atoms with van der Waals surface area (Å²) >= 11 is 0. The second-order valence-electron chi connectivity index (χ2n) is 8.82. The SMILES string of the molecule is C[C@@H]1C=CC[C@@H]2C(=O)N(c3ccc(OC(=O)[C@H]4CC(=O)N(c5ccccc5)C4)cc3)C(=O)[C@@H]12. The van der Waals surface area contributed by atoms with Crippen molar-refractivity contribution in [2.75, 3.05) is 16.3 Å². The Morgan fingerprint density at radius 1 is 0.939 bits per heavy atom. The van der Waals surface area contributed by atoms with Gasteiger partial charge in [-0.1, -0.05) is 37.3 Å². The molecule has 2 fully saturated rings. The summed E-state index contributed by atoms with van der Waals surface area (Å²) in [6.07, 6.45) is 4.63. The van der Waals surface area contributed by atoms with Gasteiger partial charge in [-0.2, -0.15) is 0 Å². The molecule has 5 rings (SSSR count). The van der Waals surface area contributed by atoms with E-state index in [1.54, 1.807) is 29.2 Å². The van der Waals surface area contributed by atoms with Gasteiger partial charge in [-0.25, -0.2) is 0 Å². The fraction of sp³-hybridized carbons (Fsp3) is 0.308. The summed E-state index contributed by atoms with van der Waals surface area (Å²) in [4.78, 5) is 53.7. The highest BCUT2D eigenvalue weighted by Gasteiger charge is 2.50. The third kappa shape index (κ3) is 3.73. The maximum absolute atomic E-state index is 12.9. The summed E-state index contributed by atoms with van der Waals surface area (Å²) in [6.45, 7) is 2.22. The van der Waals surface area contributed by atoms with E-state index in [9.17, 15) is 19.2 Å². The standard InChI is InChI=1S/C26H24N2O5/c1-16-6-5-9-21-23(16)25(31)28(24(21)30)19-10-12-20(13-11-19)33-26(32)17-14-22(29)27(15-17)18-7-3-2-4-8-18/h2-8,10-13,16-17,21,23H,9,14-15H2,1H3/t16-,17+,21+,23+/m1/s1. The highest BCUT2D eigenvalue weighted by atomic mass is 16.5. The van der Waals surface area contributed by atoms with Crippen LogP contribution < -0.4 is 14.5 Å². The molecule has 2 aliphatic heterocycles. The first-order valence-electron chi connectivity index (χ1n) is 11.2. The molecule has 0 saturated carbocycles. The topological polar surface area (TPSA) is 84.0 Å². The normalized spacial score (nSPS) is 26.6. The zero-order chi connectivity index (χ0) is 23.1. The number of nitrogens with zero attached hydrogens (tertiary/aromatic N) is 2. The predicted molar refractivity (Wildman–Crippen MR) is 121 cm³/mol. The van der Waals surface area contributed by atoms with Gasteiger partial charge < -0.3 is 9.64 Å². The molecule has 33 heavy (non-hydrogen) atoms. The molecule has 2 aromatic rings. The Hall–Kier alpha value is -3.74. The quantitative estimate of drug-likeness (QED) is 0.313. The van der Waals surface area contributed by atoms with E-state index in [4.69, 9.17) is 4.74 Å². The Bertz CT molecular complexity index is 1140. The number of hydrogen-bond acceptors (Lipinski definition) is 5. The van der Waals surface area contributed by atoms with Gasteiger partial charge in [0.1, 0.15) is 5.75 Å². The van der Waals surface area contributed by atoms with E-state index >= 15 is 0 Å². The summed E-state index contributed by atoms with van der Waals surface area (Å²) in [5.41, 5.74) is 1.23. The third-order valence-electron chi connectivity index (χ3n) is 6.71. The number of ether oxygens (including phenoxy) is 1. The number of fused-ring (bicyclic) bond motifs is 1. The third-order valence-corrected chi connectivity index (χ3v) is 6.71. The lowest BCUT2D eigenvalue weighted by Gasteiger charge is -2.22. The Morgan fingerprint density at radius 3 is 2.36 bits per heavy atom. The molecule has 2 heterocycles. The van der Waals surface area contributed by atoms with E-state index in [-0.39, 0.29) is 48.4 Å². The molecule has 0 N–H and O–H groups in total. The van der Waals surface area contributed by atoms with Gasteiger partial charge >= 0.3 is 5.97 Å². The highest BCUT2D eigenvalue weighted by molar-refractivity contribution is 6.22. The van der Waals surface area contributed by atoms with Crippen LogP contribution in [0.15, 0.2) is 66.7 Å². The van der Waals surface area contributed by atoms with Gasteiger partial charge in [-0.3, -0.25) is 24.1 Å². The molecule has 2 saturated heterocycles. The number of carbonyl (C=O) groups excluding carboxylic acids is 4. The van der Waals surface area contributed by atoms with Crippen molar-refractivity contribution in [1.82, 2.24) is 0 Å². The Labute approximate surface area is 191 Å². The van der Waals surface area contributed by atoms with Crippen LogP contribution in [0.25, 0.3) is 0 Å². The second kappa shape index (κ2) is 8.31. The number of imide groups is 1. The summed E-state index contributed by atoms with van der Waals surface area (Å²) < 4.78 is 5.50.